The van der Waals surface area contributed by atoms with Crippen molar-refractivity contribution in [3.63, 3.8) is 0 Å². The van der Waals surface area contributed by atoms with Gasteiger partial charge >= 0.3 is 0 Å². The minimum atomic E-state index is -1.58. The van der Waals surface area contributed by atoms with E-state index < -0.39 is 8.24 Å². The van der Waals surface area contributed by atoms with Crippen molar-refractivity contribution in [2.45, 2.75) is 19.6 Å². The van der Waals surface area contributed by atoms with Crippen molar-refractivity contribution in [3.8, 4) is 0 Å². The van der Waals surface area contributed by atoms with Crippen LogP contribution in [0.5, 0.6) is 0 Å². The van der Waals surface area contributed by atoms with Gasteiger partial charge in [0.25, 0.3) is 0 Å². The average molecular weight is 306 g/mol. The predicted octanol–water partition coefficient (Wildman–Crippen LogP) is 2.77. The molecule has 116 valence electrons. The smallest absolute Gasteiger partial charge is 0.214 e. The summed E-state index contributed by atoms with van der Waals surface area (Å²) >= 11 is 0. The first-order valence-electron chi connectivity index (χ1n) is 7.04. The predicted molar refractivity (Wildman–Crippen MR) is 95.7 cm³/mol. The number of benzene rings is 1. The fraction of sp³-hybridized carbons (Fsp3) is 0.467. The van der Waals surface area contributed by atoms with Crippen LogP contribution in [0.2, 0.25) is 19.6 Å². The second-order valence-electron chi connectivity index (χ2n) is 6.30. The number of hydrogen-bond acceptors (Lipinski definition) is 1. The Morgan fingerprint density at radius 1 is 0.952 bits per heavy atom. The number of hydrogen-bond donors (Lipinski definition) is 1. The Balaban J connectivity index is 3.10. The molecule has 0 atom stereocenters. The van der Waals surface area contributed by atoms with Crippen LogP contribution in [-0.2, 0) is 0 Å². The Morgan fingerprint density at radius 2 is 1.52 bits per heavy atom. The molecule has 0 saturated carbocycles. The lowest BCUT2D eigenvalue weighted by atomic mass is 10.3. The third-order valence-corrected chi connectivity index (χ3v) is 3.37. The van der Waals surface area contributed by atoms with Gasteiger partial charge in [0.1, 0.15) is 0 Å². The summed E-state index contributed by atoms with van der Waals surface area (Å²) in [5.74, 6) is 1.52. The van der Waals surface area contributed by atoms with Gasteiger partial charge in [-0.25, -0.2) is 0 Å². The van der Waals surface area contributed by atoms with Gasteiger partial charge in [-0.1, -0.05) is 18.2 Å². The standard InChI is InChI=1S/C15H27N5Si/c1-19(2)14(16-13-11-9-8-10-12-13)17-15(20(3)4)18-21(5,6)7/h8-12H,1-7H3,(H,16,17,18). The average Bonchev–Trinajstić information content (AvgIpc) is 2.36. The number of nitrogens with one attached hydrogen (secondary N) is 1. The fourth-order valence-electron chi connectivity index (χ4n) is 1.51. The van der Waals surface area contributed by atoms with E-state index in [-0.39, 0.29) is 0 Å². The topological polar surface area (TPSA) is 43.2 Å². The van der Waals surface area contributed by atoms with Crippen LogP contribution in [0.4, 0.5) is 5.69 Å². The summed E-state index contributed by atoms with van der Waals surface area (Å²) in [4.78, 5) is 8.61. The van der Waals surface area contributed by atoms with Crippen LogP contribution in [0.3, 0.4) is 0 Å². The summed E-state index contributed by atoms with van der Waals surface area (Å²) in [5, 5.41) is 3.33. The van der Waals surface area contributed by atoms with Gasteiger partial charge in [0, 0.05) is 33.9 Å². The van der Waals surface area contributed by atoms with E-state index in [2.05, 4.69) is 25.0 Å². The Hall–Kier alpha value is -1.82. The molecule has 5 nitrogen and oxygen atoms in total. The normalized spacial score (nSPS) is 13.1. The molecule has 0 aliphatic heterocycles. The molecule has 0 fully saturated rings. The van der Waals surface area contributed by atoms with Crippen LogP contribution in [0, 0.1) is 0 Å². The molecule has 0 aliphatic carbocycles. The summed E-state index contributed by atoms with van der Waals surface area (Å²) in [6, 6.07) is 10.0. The molecule has 6 heteroatoms. The number of guanidine groups is 2. The van der Waals surface area contributed by atoms with E-state index in [1.165, 1.54) is 0 Å². The highest BCUT2D eigenvalue weighted by molar-refractivity contribution is 6.75. The summed E-state index contributed by atoms with van der Waals surface area (Å²) in [5.41, 5.74) is 1.01. The molecule has 0 bridgehead atoms. The Bertz CT molecular complexity index is 501. The summed E-state index contributed by atoms with van der Waals surface area (Å²) < 4.78 is 4.80. The molecule has 1 aromatic rings. The van der Waals surface area contributed by atoms with Crippen molar-refractivity contribution in [2.75, 3.05) is 33.5 Å². The highest BCUT2D eigenvalue weighted by Crippen LogP contribution is 2.08. The Kier molecular flexibility index (Phi) is 5.96. The Labute approximate surface area is 129 Å². The number of aliphatic imine (C=N–C) groups is 1. The Morgan fingerprint density at radius 3 is 1.95 bits per heavy atom. The van der Waals surface area contributed by atoms with Crippen molar-refractivity contribution >= 4 is 25.8 Å². The summed E-state index contributed by atoms with van der Waals surface area (Å²) in [6.07, 6.45) is 0. The molecular formula is C15H27N5Si. The quantitative estimate of drug-likeness (QED) is 0.519. The minimum Gasteiger partial charge on any atom is -0.348 e. The molecule has 0 spiro atoms. The number of anilines is 1. The zero-order chi connectivity index (χ0) is 16.0. The van der Waals surface area contributed by atoms with Crippen LogP contribution in [0.1, 0.15) is 0 Å². The highest BCUT2D eigenvalue weighted by Gasteiger charge is 2.15. The first kappa shape index (κ1) is 17.2. The van der Waals surface area contributed by atoms with Gasteiger partial charge < -0.3 is 15.1 Å². The van der Waals surface area contributed by atoms with Gasteiger partial charge in [-0.3, -0.25) is 4.66 Å². The molecule has 0 radical (unpaired) electrons. The van der Waals surface area contributed by atoms with Crippen molar-refractivity contribution in [2.24, 2.45) is 9.65 Å². The molecule has 0 heterocycles. The third kappa shape index (κ3) is 6.44. The van der Waals surface area contributed by atoms with Crippen LogP contribution in [-0.4, -0.2) is 58.1 Å². The minimum absolute atomic E-state index is 0.751. The molecule has 1 aromatic carbocycles. The van der Waals surface area contributed by atoms with E-state index in [1.54, 1.807) is 0 Å². The van der Waals surface area contributed by atoms with Crippen molar-refractivity contribution in [3.05, 3.63) is 30.3 Å². The zero-order valence-corrected chi connectivity index (χ0v) is 15.2. The molecule has 0 aliphatic rings. The second kappa shape index (κ2) is 7.26. The molecular weight excluding hydrogens is 278 g/mol. The lowest BCUT2D eigenvalue weighted by molar-refractivity contribution is 0.599. The SMILES string of the molecule is CN(C)/C(=N\C(=N\[Si](C)(C)C)N(C)C)Nc1ccccc1. The zero-order valence-electron chi connectivity index (χ0n) is 14.2. The third-order valence-electron chi connectivity index (χ3n) is 2.49. The molecule has 1 N–H and O–H groups in total. The first-order valence-corrected chi connectivity index (χ1v) is 10.5. The fourth-order valence-corrected chi connectivity index (χ4v) is 2.36. The van der Waals surface area contributed by atoms with E-state index in [1.807, 2.05) is 68.3 Å². The van der Waals surface area contributed by atoms with Crippen molar-refractivity contribution in [1.29, 1.82) is 0 Å². The van der Waals surface area contributed by atoms with Crippen molar-refractivity contribution in [1.82, 2.24) is 9.80 Å². The van der Waals surface area contributed by atoms with E-state index in [4.69, 9.17) is 9.65 Å². The van der Waals surface area contributed by atoms with E-state index in [9.17, 15) is 0 Å². The van der Waals surface area contributed by atoms with Gasteiger partial charge in [-0.2, -0.15) is 4.99 Å². The largest absolute Gasteiger partial charge is 0.348 e. The van der Waals surface area contributed by atoms with E-state index in [0.717, 1.165) is 17.6 Å². The lowest BCUT2D eigenvalue weighted by Crippen LogP contribution is -2.34. The van der Waals surface area contributed by atoms with E-state index in [0.29, 0.717) is 0 Å². The van der Waals surface area contributed by atoms with E-state index >= 15 is 0 Å². The highest BCUT2D eigenvalue weighted by atomic mass is 28.3. The van der Waals surface area contributed by atoms with Gasteiger partial charge in [0.05, 0.1) is 0 Å². The monoisotopic (exact) mass is 305 g/mol. The van der Waals surface area contributed by atoms with Crippen LogP contribution < -0.4 is 5.32 Å². The van der Waals surface area contributed by atoms with Gasteiger partial charge in [0.2, 0.25) is 11.9 Å². The van der Waals surface area contributed by atoms with Crippen molar-refractivity contribution < 1.29 is 0 Å². The maximum atomic E-state index is 4.80. The molecule has 21 heavy (non-hydrogen) atoms. The maximum absolute atomic E-state index is 4.80. The van der Waals surface area contributed by atoms with Crippen LogP contribution in [0.25, 0.3) is 0 Å². The molecule has 0 aromatic heterocycles. The number of nitrogens with zero attached hydrogens (tertiary/aromatic N) is 4. The molecule has 0 unspecified atom stereocenters. The number of para-hydroxylation sites is 1. The maximum Gasteiger partial charge on any atom is 0.214 e. The van der Waals surface area contributed by atoms with Gasteiger partial charge in [0.15, 0.2) is 8.24 Å². The summed E-state index contributed by atoms with van der Waals surface area (Å²) in [6.45, 7) is 6.60. The van der Waals surface area contributed by atoms with Crippen LogP contribution in [0.15, 0.2) is 40.0 Å². The molecule has 0 saturated heterocycles. The second-order valence-corrected chi connectivity index (χ2v) is 10.9. The molecule has 0 amide bonds. The summed E-state index contributed by atoms with van der Waals surface area (Å²) in [7, 11) is 6.29. The van der Waals surface area contributed by atoms with Crippen LogP contribution >= 0.6 is 0 Å². The van der Waals surface area contributed by atoms with Gasteiger partial charge in [-0.05, 0) is 31.8 Å². The lowest BCUT2D eigenvalue weighted by Gasteiger charge is -2.21. The van der Waals surface area contributed by atoms with Gasteiger partial charge in [-0.15, -0.1) is 0 Å². The first-order chi connectivity index (χ1) is 9.69. The molecule has 1 rings (SSSR count). The number of rotatable bonds is 2.